The Morgan fingerprint density at radius 1 is 1.10 bits per heavy atom. The van der Waals surface area contributed by atoms with Gasteiger partial charge in [-0.2, -0.15) is 0 Å². The summed E-state index contributed by atoms with van der Waals surface area (Å²) in [7, 11) is 1.58. The molecule has 0 amide bonds. The van der Waals surface area contributed by atoms with Crippen LogP contribution >= 0.6 is 0 Å². The molecule has 5 heteroatoms. The fourth-order valence-electron chi connectivity index (χ4n) is 8.08. The maximum Gasteiger partial charge on any atom is 0.306 e. The van der Waals surface area contributed by atoms with E-state index in [1.54, 1.807) is 12.7 Å². The summed E-state index contributed by atoms with van der Waals surface area (Å²) in [5, 5.41) is 8.47. The van der Waals surface area contributed by atoms with Crippen LogP contribution in [0.5, 0.6) is 0 Å². The Morgan fingerprint density at radius 2 is 1.85 bits per heavy atom. The summed E-state index contributed by atoms with van der Waals surface area (Å²) in [6, 6.07) is 0. The van der Waals surface area contributed by atoms with E-state index in [-0.39, 0.29) is 42.5 Å². The van der Waals surface area contributed by atoms with Gasteiger partial charge in [0.25, 0.3) is 0 Å². The first-order chi connectivity index (χ1) is 18.9. The summed E-state index contributed by atoms with van der Waals surface area (Å²) < 4.78 is 10.6. The molecule has 3 fully saturated rings. The van der Waals surface area contributed by atoms with E-state index < -0.39 is 0 Å². The zero-order valence-corrected chi connectivity index (χ0v) is 26.6. The topological polar surface area (TPSA) is 72.8 Å². The van der Waals surface area contributed by atoms with E-state index in [0.717, 1.165) is 43.3 Å². The van der Waals surface area contributed by atoms with Gasteiger partial charge in [0.05, 0.1) is 18.6 Å². The number of carbonyl (C=O) groups is 2. The van der Waals surface area contributed by atoms with Crippen LogP contribution in [0.3, 0.4) is 0 Å². The van der Waals surface area contributed by atoms with Crippen molar-refractivity contribution in [3.63, 3.8) is 0 Å². The molecule has 40 heavy (non-hydrogen) atoms. The minimum Gasteiger partial charge on any atom is -0.462 e. The molecule has 1 N–H and O–H groups in total. The Balaban J connectivity index is 0.000000559. The van der Waals surface area contributed by atoms with Crippen molar-refractivity contribution in [2.75, 3.05) is 13.7 Å². The average Bonchev–Trinajstić information content (AvgIpc) is 3.26. The molecule has 0 aliphatic heterocycles. The molecule has 3 saturated carbocycles. The second-order valence-electron chi connectivity index (χ2n) is 14.6. The molecule has 5 nitrogen and oxygen atoms in total. The first-order valence-electron chi connectivity index (χ1n) is 16.1. The van der Waals surface area contributed by atoms with Crippen LogP contribution in [-0.2, 0) is 19.1 Å². The van der Waals surface area contributed by atoms with Gasteiger partial charge in [-0.05, 0) is 93.3 Å². The lowest BCUT2D eigenvalue weighted by molar-refractivity contribution is -0.151. The van der Waals surface area contributed by atoms with E-state index in [4.69, 9.17) is 14.6 Å². The number of carbonyl (C=O) groups excluding carboxylic acids is 2. The summed E-state index contributed by atoms with van der Waals surface area (Å²) in [6.07, 6.45) is 20.1. The molecule has 228 valence electrons. The van der Waals surface area contributed by atoms with E-state index in [2.05, 4.69) is 39.8 Å². The number of esters is 1. The molecule has 0 spiro atoms. The third-order valence-corrected chi connectivity index (χ3v) is 11.0. The number of hydrogen-bond acceptors (Lipinski definition) is 5. The highest BCUT2D eigenvalue weighted by Gasteiger charge is 2.56. The van der Waals surface area contributed by atoms with Crippen LogP contribution in [-0.4, -0.2) is 42.8 Å². The number of aldehydes is 1. The van der Waals surface area contributed by atoms with Crippen molar-refractivity contribution < 1.29 is 24.2 Å². The monoisotopic (exact) mass is 558 g/mol. The first-order valence-corrected chi connectivity index (χ1v) is 16.1. The molecular weight excluding hydrogens is 500 g/mol. The Labute approximate surface area is 244 Å². The van der Waals surface area contributed by atoms with Crippen molar-refractivity contribution >= 4 is 12.3 Å². The van der Waals surface area contributed by atoms with E-state index in [0.29, 0.717) is 11.3 Å². The number of rotatable bonds is 11. The Hall–Kier alpha value is -1.46. The highest BCUT2D eigenvalue weighted by Crippen LogP contribution is 2.65. The van der Waals surface area contributed by atoms with Gasteiger partial charge in [0, 0.05) is 20.0 Å². The van der Waals surface area contributed by atoms with Gasteiger partial charge in [0.2, 0.25) is 0 Å². The maximum absolute atomic E-state index is 12.0. The molecule has 0 aromatic heterocycles. The third kappa shape index (κ3) is 7.68. The van der Waals surface area contributed by atoms with Gasteiger partial charge < -0.3 is 19.4 Å². The second-order valence-corrected chi connectivity index (χ2v) is 14.6. The highest BCUT2D eigenvalue weighted by molar-refractivity contribution is 5.72. The normalized spacial score (nSPS) is 33.0. The molecule has 6 atom stereocenters. The van der Waals surface area contributed by atoms with E-state index in [9.17, 15) is 9.59 Å². The zero-order valence-electron chi connectivity index (χ0n) is 26.6. The van der Waals surface area contributed by atoms with Crippen LogP contribution in [0.2, 0.25) is 0 Å². The number of aliphatic hydroxyl groups excluding tert-OH is 1. The molecule has 0 heterocycles. The SMILES string of the molecule is CC(C)CCCCC1CCC2C3=CC=C4CC(OC(=O)CCC=O)CCC4(C)C3CCC12C.COC(C)(C)CO. The largest absolute Gasteiger partial charge is 0.462 e. The Bertz CT molecular complexity index is 911. The fourth-order valence-corrected chi connectivity index (χ4v) is 8.08. The van der Waals surface area contributed by atoms with Crippen LogP contribution in [0, 0.1) is 34.5 Å². The number of methoxy groups -OCH3 is 1. The van der Waals surface area contributed by atoms with Crippen molar-refractivity contribution in [2.45, 2.75) is 137 Å². The van der Waals surface area contributed by atoms with Gasteiger partial charge in [-0.1, -0.05) is 70.3 Å². The van der Waals surface area contributed by atoms with Gasteiger partial charge in [0.15, 0.2) is 0 Å². The number of hydrogen-bond donors (Lipinski definition) is 1. The molecular formula is C35H58O5. The quantitative estimate of drug-likeness (QED) is 0.158. The van der Waals surface area contributed by atoms with Gasteiger partial charge in [0.1, 0.15) is 12.4 Å². The van der Waals surface area contributed by atoms with Crippen molar-refractivity contribution in [1.82, 2.24) is 0 Å². The van der Waals surface area contributed by atoms with Gasteiger partial charge in [-0.15, -0.1) is 0 Å². The van der Waals surface area contributed by atoms with Crippen LogP contribution in [0.25, 0.3) is 0 Å². The van der Waals surface area contributed by atoms with Crippen molar-refractivity contribution in [3.8, 4) is 0 Å². The molecule has 0 aromatic carbocycles. The lowest BCUT2D eigenvalue weighted by Crippen LogP contribution is -2.46. The average molecular weight is 559 g/mol. The van der Waals surface area contributed by atoms with Crippen molar-refractivity contribution in [1.29, 1.82) is 0 Å². The van der Waals surface area contributed by atoms with Crippen molar-refractivity contribution in [3.05, 3.63) is 23.3 Å². The summed E-state index contributed by atoms with van der Waals surface area (Å²) in [5.41, 5.74) is 3.60. The standard InChI is InChI=1S/C30H46O3.C5H12O2/c1-21(2)8-5-6-9-22-12-14-26-25-13-11-23-20-24(33-28(32)10-7-19-31)15-17-30(23,4)27(25)16-18-29(22,26)3;1-5(2,4-6)7-3/h11,13,19,21-22,24,26-27H,5-10,12,14-18,20H2,1-4H3;6H,4H2,1-3H3. The van der Waals surface area contributed by atoms with Crippen molar-refractivity contribution in [2.24, 2.45) is 34.5 Å². The molecule has 0 aromatic rings. The van der Waals surface area contributed by atoms with Crippen LogP contribution < -0.4 is 0 Å². The molecule has 4 aliphatic carbocycles. The predicted molar refractivity (Wildman–Crippen MR) is 162 cm³/mol. The van der Waals surface area contributed by atoms with Crippen LogP contribution in [0.15, 0.2) is 23.3 Å². The summed E-state index contributed by atoms with van der Waals surface area (Å²) in [5.74, 6) is 2.94. The smallest absolute Gasteiger partial charge is 0.306 e. The molecule has 4 rings (SSSR count). The summed E-state index contributed by atoms with van der Waals surface area (Å²) >= 11 is 0. The predicted octanol–water partition coefficient (Wildman–Crippen LogP) is 8.00. The third-order valence-electron chi connectivity index (χ3n) is 11.0. The van der Waals surface area contributed by atoms with E-state index in [1.807, 2.05) is 13.8 Å². The number of aliphatic hydroxyl groups is 1. The van der Waals surface area contributed by atoms with E-state index in [1.165, 1.54) is 56.9 Å². The number of unbranched alkanes of at least 4 members (excludes halogenated alkanes) is 1. The number of fused-ring (bicyclic) bond motifs is 5. The number of allylic oxidation sites excluding steroid dienone is 3. The first kappa shape index (κ1) is 33.0. The van der Waals surface area contributed by atoms with E-state index >= 15 is 0 Å². The Kier molecular flexibility index (Phi) is 11.7. The number of ether oxygens (including phenoxy) is 2. The minimum atomic E-state index is -0.361. The van der Waals surface area contributed by atoms with Crippen LogP contribution in [0.4, 0.5) is 0 Å². The van der Waals surface area contributed by atoms with Crippen LogP contribution in [0.1, 0.15) is 125 Å². The molecule has 0 radical (unpaired) electrons. The molecule has 0 bridgehead atoms. The Morgan fingerprint density at radius 3 is 2.48 bits per heavy atom. The molecule has 4 aliphatic rings. The maximum atomic E-state index is 12.0. The van der Waals surface area contributed by atoms with Gasteiger partial charge >= 0.3 is 5.97 Å². The summed E-state index contributed by atoms with van der Waals surface area (Å²) in [6.45, 7) is 13.5. The van der Waals surface area contributed by atoms with Gasteiger partial charge in [-0.25, -0.2) is 0 Å². The lowest BCUT2D eigenvalue weighted by Gasteiger charge is -2.55. The van der Waals surface area contributed by atoms with Gasteiger partial charge in [-0.3, -0.25) is 4.79 Å². The second kappa shape index (κ2) is 14.1. The lowest BCUT2D eigenvalue weighted by atomic mass is 9.50. The summed E-state index contributed by atoms with van der Waals surface area (Å²) in [4.78, 5) is 22.6. The molecule has 6 unspecified atom stereocenters. The molecule has 0 saturated heterocycles. The fraction of sp³-hybridized carbons (Fsp3) is 0.829. The zero-order chi connectivity index (χ0) is 29.6. The minimum absolute atomic E-state index is 0.0195. The highest BCUT2D eigenvalue weighted by atomic mass is 16.5.